The Bertz CT molecular complexity index is 435. The Kier molecular flexibility index (Phi) is 5.94. The van der Waals surface area contributed by atoms with Crippen molar-refractivity contribution in [2.75, 3.05) is 57.1 Å². The van der Waals surface area contributed by atoms with Crippen LogP contribution in [0.4, 0.5) is 11.9 Å². The minimum Gasteiger partial charge on any atom is -0.463 e. The molecule has 0 radical (unpaired) electrons. The van der Waals surface area contributed by atoms with Crippen molar-refractivity contribution in [3.8, 4) is 6.01 Å². The Hall–Kier alpha value is -1.67. The van der Waals surface area contributed by atoms with Crippen LogP contribution in [0.2, 0.25) is 0 Å². The Morgan fingerprint density at radius 3 is 2.43 bits per heavy atom. The Labute approximate surface area is 125 Å². The minimum absolute atomic E-state index is 0.361. The van der Waals surface area contributed by atoms with Crippen LogP contribution < -0.4 is 15.5 Å². The highest BCUT2D eigenvalue weighted by Crippen LogP contribution is 2.12. The molecule has 1 fully saturated rings. The Morgan fingerprint density at radius 2 is 1.76 bits per heavy atom. The van der Waals surface area contributed by atoms with Gasteiger partial charge in [0.2, 0.25) is 11.9 Å². The highest BCUT2D eigenvalue weighted by atomic mass is 16.5. The molecule has 2 rings (SSSR count). The second kappa shape index (κ2) is 7.94. The lowest BCUT2D eigenvalue weighted by atomic mass is 10.4. The van der Waals surface area contributed by atoms with Crippen LogP contribution >= 0.6 is 0 Å². The summed E-state index contributed by atoms with van der Waals surface area (Å²) in [6, 6.07) is 0.361. The van der Waals surface area contributed by atoms with Gasteiger partial charge in [-0.3, -0.25) is 5.43 Å². The van der Waals surface area contributed by atoms with Crippen LogP contribution in [-0.4, -0.2) is 71.2 Å². The quantitative estimate of drug-likeness (QED) is 0.760. The molecule has 1 aromatic heterocycles. The highest BCUT2D eigenvalue weighted by molar-refractivity contribution is 5.35. The minimum atomic E-state index is 0.361. The van der Waals surface area contributed by atoms with Gasteiger partial charge in [-0.1, -0.05) is 6.92 Å². The number of anilines is 2. The van der Waals surface area contributed by atoms with E-state index in [4.69, 9.17) is 4.74 Å². The number of aromatic nitrogens is 3. The van der Waals surface area contributed by atoms with Gasteiger partial charge in [-0.25, -0.2) is 5.01 Å². The number of nitrogens with one attached hydrogen (secondary N) is 2. The molecule has 0 atom stereocenters. The lowest BCUT2D eigenvalue weighted by Gasteiger charge is -2.32. The van der Waals surface area contributed by atoms with Crippen LogP contribution in [0.3, 0.4) is 0 Å². The fourth-order valence-electron chi connectivity index (χ4n) is 1.96. The van der Waals surface area contributed by atoms with Crippen LogP contribution in [0.5, 0.6) is 6.01 Å². The van der Waals surface area contributed by atoms with Gasteiger partial charge in [0.15, 0.2) is 0 Å². The lowest BCUT2D eigenvalue weighted by molar-refractivity contribution is 0.177. The second-order valence-electron chi connectivity index (χ2n) is 5.05. The van der Waals surface area contributed by atoms with E-state index in [1.54, 1.807) is 0 Å². The van der Waals surface area contributed by atoms with Crippen LogP contribution in [0.1, 0.15) is 20.3 Å². The monoisotopic (exact) mass is 295 g/mol. The van der Waals surface area contributed by atoms with Crippen LogP contribution in [0, 0.1) is 0 Å². The molecule has 0 amide bonds. The Balaban J connectivity index is 2.03. The molecule has 1 aliphatic heterocycles. The van der Waals surface area contributed by atoms with E-state index in [9.17, 15) is 0 Å². The average molecular weight is 295 g/mol. The van der Waals surface area contributed by atoms with Gasteiger partial charge < -0.3 is 15.0 Å². The first kappa shape index (κ1) is 15.7. The van der Waals surface area contributed by atoms with E-state index in [0.717, 1.165) is 39.1 Å². The van der Waals surface area contributed by atoms with Gasteiger partial charge in [-0.05, 0) is 20.4 Å². The summed E-state index contributed by atoms with van der Waals surface area (Å²) in [4.78, 5) is 15.2. The van der Waals surface area contributed by atoms with E-state index < -0.39 is 0 Å². The number of rotatable bonds is 7. The number of nitrogens with zero attached hydrogens (tertiary/aromatic N) is 5. The first-order chi connectivity index (χ1) is 10.2. The van der Waals surface area contributed by atoms with E-state index in [0.29, 0.717) is 24.5 Å². The molecule has 1 saturated heterocycles. The molecule has 8 nitrogen and oxygen atoms in total. The van der Waals surface area contributed by atoms with E-state index in [1.807, 2.05) is 6.92 Å². The second-order valence-corrected chi connectivity index (χ2v) is 5.05. The molecule has 0 bridgehead atoms. The van der Waals surface area contributed by atoms with Gasteiger partial charge in [-0.15, -0.1) is 0 Å². The maximum atomic E-state index is 5.52. The molecule has 2 heterocycles. The number of piperazine rings is 1. The normalized spacial score (nSPS) is 16.7. The van der Waals surface area contributed by atoms with Gasteiger partial charge >= 0.3 is 6.01 Å². The molecule has 0 saturated carbocycles. The molecule has 118 valence electrons. The van der Waals surface area contributed by atoms with Gasteiger partial charge in [0.05, 0.1) is 6.61 Å². The number of hydrazine groups is 1. The zero-order chi connectivity index (χ0) is 15.1. The number of likely N-dealkylation sites (N-methyl/N-ethyl adjacent to an activating group) is 1. The topological polar surface area (TPSA) is 78.4 Å². The molecular weight excluding hydrogens is 270 g/mol. The van der Waals surface area contributed by atoms with E-state index in [-0.39, 0.29) is 0 Å². The van der Waals surface area contributed by atoms with E-state index >= 15 is 0 Å². The standard InChI is InChI=1S/C13H25N7O/c1-4-10-21-13-16-11(14-5-2)15-12(17-13)18-20-8-6-19(3)7-9-20/h4-10H2,1-3H3,(H2,14,15,16,17,18). The molecule has 8 heteroatoms. The van der Waals surface area contributed by atoms with Crippen LogP contribution in [0.25, 0.3) is 0 Å². The van der Waals surface area contributed by atoms with E-state index in [1.165, 1.54) is 0 Å². The van der Waals surface area contributed by atoms with Crippen molar-refractivity contribution in [3.05, 3.63) is 0 Å². The smallest absolute Gasteiger partial charge is 0.323 e. The third kappa shape index (κ3) is 4.98. The van der Waals surface area contributed by atoms with Gasteiger partial charge in [0.1, 0.15) is 0 Å². The molecule has 0 unspecified atom stereocenters. The van der Waals surface area contributed by atoms with Gasteiger partial charge in [0, 0.05) is 32.7 Å². The predicted octanol–water partition coefficient (Wildman–Crippen LogP) is 0.667. The molecule has 1 aromatic rings. The predicted molar refractivity (Wildman–Crippen MR) is 82.5 cm³/mol. The molecule has 1 aliphatic rings. The van der Waals surface area contributed by atoms with Gasteiger partial charge in [0.25, 0.3) is 0 Å². The van der Waals surface area contributed by atoms with Gasteiger partial charge in [-0.2, -0.15) is 15.0 Å². The third-order valence-corrected chi connectivity index (χ3v) is 3.15. The summed E-state index contributed by atoms with van der Waals surface area (Å²) in [5.74, 6) is 1.06. The summed E-state index contributed by atoms with van der Waals surface area (Å²) >= 11 is 0. The first-order valence-corrected chi connectivity index (χ1v) is 7.54. The zero-order valence-corrected chi connectivity index (χ0v) is 13.1. The number of hydrogen-bond acceptors (Lipinski definition) is 8. The fraction of sp³-hybridized carbons (Fsp3) is 0.769. The molecule has 0 aliphatic carbocycles. The fourth-order valence-corrected chi connectivity index (χ4v) is 1.96. The average Bonchev–Trinajstić information content (AvgIpc) is 2.48. The third-order valence-electron chi connectivity index (χ3n) is 3.15. The summed E-state index contributed by atoms with van der Waals surface area (Å²) in [5.41, 5.74) is 3.24. The summed E-state index contributed by atoms with van der Waals surface area (Å²) in [7, 11) is 2.13. The maximum absolute atomic E-state index is 5.52. The SMILES string of the molecule is CCCOc1nc(NCC)nc(NN2CCN(C)CC2)n1. The van der Waals surface area contributed by atoms with Crippen LogP contribution in [0.15, 0.2) is 0 Å². The van der Waals surface area contributed by atoms with Crippen molar-refractivity contribution in [2.45, 2.75) is 20.3 Å². The van der Waals surface area contributed by atoms with Crippen molar-refractivity contribution in [1.29, 1.82) is 0 Å². The van der Waals surface area contributed by atoms with Crippen LogP contribution in [-0.2, 0) is 0 Å². The zero-order valence-electron chi connectivity index (χ0n) is 13.1. The summed E-state index contributed by atoms with van der Waals surface area (Å²) in [5, 5.41) is 5.22. The van der Waals surface area contributed by atoms with E-state index in [2.05, 4.69) is 49.6 Å². The summed E-state index contributed by atoms with van der Waals surface area (Å²) in [6.45, 7) is 9.33. The van der Waals surface area contributed by atoms with Crippen molar-refractivity contribution < 1.29 is 4.74 Å². The van der Waals surface area contributed by atoms with Crippen molar-refractivity contribution >= 4 is 11.9 Å². The Morgan fingerprint density at radius 1 is 1.05 bits per heavy atom. The molecular formula is C13H25N7O. The molecule has 21 heavy (non-hydrogen) atoms. The number of ether oxygens (including phenoxy) is 1. The van der Waals surface area contributed by atoms with Crippen molar-refractivity contribution in [3.63, 3.8) is 0 Å². The maximum Gasteiger partial charge on any atom is 0.323 e. The van der Waals surface area contributed by atoms with Crippen molar-refractivity contribution in [1.82, 2.24) is 24.9 Å². The largest absolute Gasteiger partial charge is 0.463 e. The highest BCUT2D eigenvalue weighted by Gasteiger charge is 2.15. The summed E-state index contributed by atoms with van der Waals surface area (Å²) < 4.78 is 5.52. The molecule has 0 spiro atoms. The molecule has 2 N–H and O–H groups in total. The lowest BCUT2D eigenvalue weighted by Crippen LogP contribution is -2.47. The first-order valence-electron chi connectivity index (χ1n) is 7.54. The molecule has 0 aromatic carbocycles. The summed E-state index contributed by atoms with van der Waals surface area (Å²) in [6.07, 6.45) is 0.920. The number of hydrogen-bond donors (Lipinski definition) is 2. The van der Waals surface area contributed by atoms with Crippen molar-refractivity contribution in [2.24, 2.45) is 0 Å².